The van der Waals surface area contributed by atoms with Crippen molar-refractivity contribution in [2.45, 2.75) is 57.1 Å². The number of halogens is 3. The molecule has 0 spiro atoms. The summed E-state index contributed by atoms with van der Waals surface area (Å²) in [7, 11) is 0. The van der Waals surface area contributed by atoms with Crippen molar-refractivity contribution in [2.24, 2.45) is 0 Å². The molecule has 182 valence electrons. The van der Waals surface area contributed by atoms with Gasteiger partial charge in [-0.15, -0.1) is 0 Å². The fourth-order valence-corrected chi connectivity index (χ4v) is 4.45. The Hall–Kier alpha value is -3.11. The number of nitrogens with zero attached hydrogens (tertiary/aromatic N) is 1. The fourth-order valence-electron chi connectivity index (χ4n) is 4.45. The Morgan fingerprint density at radius 3 is 2.68 bits per heavy atom. The van der Waals surface area contributed by atoms with Gasteiger partial charge >= 0.3 is 11.9 Å². The first-order valence-corrected chi connectivity index (χ1v) is 11.2. The summed E-state index contributed by atoms with van der Waals surface area (Å²) in [5.74, 6) is -0.763. The number of amides is 1. The molecule has 2 aromatic carbocycles. The van der Waals surface area contributed by atoms with Crippen molar-refractivity contribution in [1.82, 2.24) is 20.2 Å². The second kappa shape index (κ2) is 9.63. The predicted molar refractivity (Wildman–Crippen MR) is 122 cm³/mol. The summed E-state index contributed by atoms with van der Waals surface area (Å²) < 4.78 is 38.5. The van der Waals surface area contributed by atoms with E-state index in [1.807, 2.05) is 30.4 Å². The number of aliphatic hydroxyl groups is 1. The highest BCUT2D eigenvalue weighted by Crippen LogP contribution is 2.30. The van der Waals surface area contributed by atoms with Crippen LogP contribution in [0.1, 0.15) is 47.4 Å². The van der Waals surface area contributed by atoms with Crippen LogP contribution in [0.15, 0.2) is 47.3 Å². The Morgan fingerprint density at radius 1 is 1.24 bits per heavy atom. The summed E-state index contributed by atoms with van der Waals surface area (Å²) >= 11 is 0. The molecule has 0 bridgehead atoms. The molecule has 2 heterocycles. The molecule has 1 aromatic heterocycles. The lowest BCUT2D eigenvalue weighted by atomic mass is 9.98. The molecule has 10 heteroatoms. The quantitative estimate of drug-likeness (QED) is 0.421. The smallest absolute Gasteiger partial charge is 0.387 e. The summed E-state index contributed by atoms with van der Waals surface area (Å²) in [5.41, 5.74) is 3.13. The lowest BCUT2D eigenvalue weighted by Gasteiger charge is -2.26. The molecular formula is C24H27F3N4O3. The maximum atomic E-state index is 12.3. The standard InChI is InChI=1S/C24H27F3N4O3/c1-14(5-6-15-7-9-16(10-8-15)22(33)28-13-24(25,26)27)29-19-11-12-31-20-17(21(19)32)3-2-4-18(20)30-23(31)34/h2-4,7-10,14,19,21,29,32H,5-6,11-13H2,1H3,(H,28,33)(H,30,34)/t14?,19-,21-/m1/s1. The van der Waals surface area contributed by atoms with Gasteiger partial charge in [0.1, 0.15) is 6.54 Å². The molecule has 1 amide bonds. The highest BCUT2D eigenvalue weighted by atomic mass is 19.4. The van der Waals surface area contributed by atoms with Gasteiger partial charge < -0.3 is 20.7 Å². The molecular weight excluding hydrogens is 449 g/mol. The zero-order valence-corrected chi connectivity index (χ0v) is 18.7. The molecule has 0 fully saturated rings. The number of aromatic amines is 1. The van der Waals surface area contributed by atoms with E-state index in [0.717, 1.165) is 23.1 Å². The Morgan fingerprint density at radius 2 is 1.97 bits per heavy atom. The van der Waals surface area contributed by atoms with Gasteiger partial charge in [0.2, 0.25) is 0 Å². The molecule has 0 aliphatic carbocycles. The number of H-pyrrole nitrogens is 1. The number of aromatic nitrogens is 2. The topological polar surface area (TPSA) is 99.2 Å². The number of carbonyl (C=O) groups is 1. The van der Waals surface area contributed by atoms with Crippen molar-refractivity contribution in [2.75, 3.05) is 6.54 Å². The van der Waals surface area contributed by atoms with Gasteiger partial charge in [-0.1, -0.05) is 24.3 Å². The number of hydrogen-bond donors (Lipinski definition) is 4. The van der Waals surface area contributed by atoms with Crippen LogP contribution in [-0.4, -0.2) is 45.4 Å². The number of nitrogens with one attached hydrogen (secondary N) is 3. The van der Waals surface area contributed by atoms with E-state index in [4.69, 9.17) is 0 Å². The van der Waals surface area contributed by atoms with Gasteiger partial charge in [-0.25, -0.2) is 4.79 Å². The molecule has 3 aromatic rings. The molecule has 4 N–H and O–H groups in total. The molecule has 3 atom stereocenters. The van der Waals surface area contributed by atoms with Crippen molar-refractivity contribution in [3.63, 3.8) is 0 Å². The number of para-hydroxylation sites is 1. The maximum Gasteiger partial charge on any atom is 0.405 e. The van der Waals surface area contributed by atoms with Crippen LogP contribution in [0, 0.1) is 0 Å². The molecule has 4 rings (SSSR count). The molecule has 1 aliphatic rings. The number of imidazole rings is 1. The fraction of sp³-hybridized carbons (Fsp3) is 0.417. The van der Waals surface area contributed by atoms with E-state index in [1.165, 1.54) is 12.1 Å². The Labute approximate surface area is 194 Å². The molecule has 7 nitrogen and oxygen atoms in total. The van der Waals surface area contributed by atoms with Gasteiger partial charge in [-0.2, -0.15) is 13.2 Å². The number of aryl methyl sites for hydroxylation is 2. The third-order valence-corrected chi connectivity index (χ3v) is 6.22. The lowest BCUT2D eigenvalue weighted by molar-refractivity contribution is -0.123. The summed E-state index contributed by atoms with van der Waals surface area (Å²) in [6.45, 7) is 1.15. The molecule has 1 unspecified atom stereocenters. The van der Waals surface area contributed by atoms with Crippen molar-refractivity contribution >= 4 is 16.9 Å². The Bertz CT molecular complexity index is 1220. The molecule has 1 aliphatic heterocycles. The number of benzene rings is 2. The van der Waals surface area contributed by atoms with E-state index >= 15 is 0 Å². The predicted octanol–water partition coefficient (Wildman–Crippen LogP) is 3.04. The van der Waals surface area contributed by atoms with Crippen LogP contribution in [0.4, 0.5) is 13.2 Å². The van der Waals surface area contributed by atoms with E-state index in [1.54, 1.807) is 16.7 Å². The van der Waals surface area contributed by atoms with Crippen molar-refractivity contribution < 1.29 is 23.1 Å². The van der Waals surface area contributed by atoms with E-state index in [0.29, 0.717) is 24.9 Å². The van der Waals surface area contributed by atoms with Gasteiger partial charge in [0, 0.05) is 29.8 Å². The van der Waals surface area contributed by atoms with Gasteiger partial charge in [-0.05, 0) is 49.9 Å². The zero-order valence-electron chi connectivity index (χ0n) is 18.7. The van der Waals surface area contributed by atoms with Crippen molar-refractivity contribution in [3.8, 4) is 0 Å². The lowest BCUT2D eigenvalue weighted by Crippen LogP contribution is -2.41. The second-order valence-electron chi connectivity index (χ2n) is 8.77. The number of alkyl halides is 3. The number of carbonyl (C=O) groups excluding carboxylic acids is 1. The number of hydrogen-bond acceptors (Lipinski definition) is 4. The molecule has 0 radical (unpaired) electrons. The first-order chi connectivity index (χ1) is 16.1. The highest BCUT2D eigenvalue weighted by molar-refractivity contribution is 5.94. The first kappa shape index (κ1) is 24.0. The SMILES string of the molecule is CC(CCc1ccc(C(=O)NCC(F)(F)F)cc1)N[C@@H]1CCn2c(=O)[nH]c3cccc(c32)[C@H]1O. The summed E-state index contributed by atoms with van der Waals surface area (Å²) in [4.78, 5) is 26.9. The minimum Gasteiger partial charge on any atom is -0.387 e. The van der Waals surface area contributed by atoms with Crippen LogP contribution in [0.5, 0.6) is 0 Å². The summed E-state index contributed by atoms with van der Waals surface area (Å²) in [6.07, 6.45) is -3.18. The van der Waals surface area contributed by atoms with Crippen LogP contribution in [0.3, 0.4) is 0 Å². The van der Waals surface area contributed by atoms with Gasteiger partial charge in [0.15, 0.2) is 0 Å². The minimum atomic E-state index is -4.45. The van der Waals surface area contributed by atoms with E-state index in [9.17, 15) is 27.9 Å². The maximum absolute atomic E-state index is 12.3. The third kappa shape index (κ3) is 5.34. The van der Waals surface area contributed by atoms with Gasteiger partial charge in [0.05, 0.1) is 17.1 Å². The van der Waals surface area contributed by atoms with Crippen LogP contribution in [0.2, 0.25) is 0 Å². The van der Waals surface area contributed by atoms with Crippen molar-refractivity contribution in [1.29, 1.82) is 0 Å². The summed E-state index contributed by atoms with van der Waals surface area (Å²) in [6, 6.07) is 11.8. The first-order valence-electron chi connectivity index (χ1n) is 11.2. The zero-order chi connectivity index (χ0) is 24.5. The Kier molecular flexibility index (Phi) is 6.81. The molecule has 0 saturated heterocycles. The van der Waals surface area contributed by atoms with Crippen LogP contribution < -0.4 is 16.3 Å². The van der Waals surface area contributed by atoms with E-state index < -0.39 is 24.7 Å². The van der Waals surface area contributed by atoms with Crippen LogP contribution in [0.25, 0.3) is 11.0 Å². The third-order valence-electron chi connectivity index (χ3n) is 6.22. The minimum absolute atomic E-state index is 0.0596. The van der Waals surface area contributed by atoms with Gasteiger partial charge in [-0.3, -0.25) is 9.36 Å². The van der Waals surface area contributed by atoms with Gasteiger partial charge in [0.25, 0.3) is 5.91 Å². The monoisotopic (exact) mass is 476 g/mol. The highest BCUT2D eigenvalue weighted by Gasteiger charge is 2.29. The van der Waals surface area contributed by atoms with Crippen LogP contribution >= 0.6 is 0 Å². The van der Waals surface area contributed by atoms with Crippen LogP contribution in [-0.2, 0) is 13.0 Å². The summed E-state index contributed by atoms with van der Waals surface area (Å²) in [5, 5.41) is 16.4. The number of aliphatic hydroxyl groups excluding tert-OH is 1. The second-order valence-corrected chi connectivity index (χ2v) is 8.77. The average molecular weight is 476 g/mol. The largest absolute Gasteiger partial charge is 0.405 e. The molecule has 34 heavy (non-hydrogen) atoms. The number of rotatable bonds is 7. The average Bonchev–Trinajstić information content (AvgIpc) is 3.05. The Balaban J connectivity index is 1.33. The van der Waals surface area contributed by atoms with E-state index in [2.05, 4.69) is 10.3 Å². The van der Waals surface area contributed by atoms with Crippen molar-refractivity contribution in [3.05, 3.63) is 69.6 Å². The molecule has 0 saturated carbocycles. The van der Waals surface area contributed by atoms with E-state index in [-0.39, 0.29) is 23.3 Å². The normalized spacial score (nSPS) is 19.1.